The third-order valence-electron chi connectivity index (χ3n) is 4.93. The van der Waals surface area contributed by atoms with Crippen LogP contribution in [0, 0.1) is 0 Å². The number of amides is 2. The summed E-state index contributed by atoms with van der Waals surface area (Å²) in [5, 5.41) is 3.48. The number of hydrogen-bond acceptors (Lipinski definition) is 5. The van der Waals surface area contributed by atoms with E-state index in [0.29, 0.717) is 21.3 Å². The van der Waals surface area contributed by atoms with Crippen LogP contribution >= 0.6 is 23.2 Å². The lowest BCUT2D eigenvalue weighted by atomic mass is 9.96. The Kier molecular flexibility index (Phi) is 7.11. The summed E-state index contributed by atoms with van der Waals surface area (Å²) in [5.74, 6) is -1.15. The number of esters is 1. The van der Waals surface area contributed by atoms with Gasteiger partial charge in [0, 0.05) is 22.7 Å². The summed E-state index contributed by atoms with van der Waals surface area (Å²) < 4.78 is 10.8. The average Bonchev–Trinajstić information content (AvgIpc) is 2.71. The molecule has 0 unspecified atom stereocenters. The first-order valence-corrected chi connectivity index (χ1v) is 10.5. The minimum Gasteiger partial charge on any atom is -0.473 e. The highest BCUT2D eigenvalue weighted by Crippen LogP contribution is 2.32. The van der Waals surface area contributed by atoms with Crippen LogP contribution in [-0.4, -0.2) is 41.6 Å². The molecule has 0 fully saturated rings. The highest BCUT2D eigenvalue weighted by Gasteiger charge is 2.43. The topological polar surface area (TPSA) is 84.9 Å². The van der Waals surface area contributed by atoms with E-state index in [1.807, 2.05) is 6.07 Å². The van der Waals surface area contributed by atoms with Crippen LogP contribution in [0.1, 0.15) is 26.3 Å². The lowest BCUT2D eigenvalue weighted by Gasteiger charge is -2.40. The third kappa shape index (κ3) is 5.23. The van der Waals surface area contributed by atoms with Crippen molar-refractivity contribution in [2.24, 2.45) is 0 Å². The van der Waals surface area contributed by atoms with Crippen LogP contribution in [0.4, 0.5) is 5.69 Å². The number of hydrogen-bond donors (Lipinski definition) is 1. The molecule has 0 atom stereocenters. The minimum absolute atomic E-state index is 0.188. The van der Waals surface area contributed by atoms with Crippen molar-refractivity contribution in [3.05, 3.63) is 69.9 Å². The predicted octanol–water partition coefficient (Wildman–Crippen LogP) is 4.50. The largest absolute Gasteiger partial charge is 0.473 e. The summed E-state index contributed by atoms with van der Waals surface area (Å²) in [4.78, 5) is 39.2. The number of nitrogens with one attached hydrogen (secondary N) is 1. The van der Waals surface area contributed by atoms with Gasteiger partial charge in [0.2, 0.25) is 5.91 Å². The van der Waals surface area contributed by atoms with Crippen molar-refractivity contribution >= 4 is 52.2 Å². The van der Waals surface area contributed by atoms with Gasteiger partial charge >= 0.3 is 5.97 Å². The van der Waals surface area contributed by atoms with Crippen LogP contribution in [0.3, 0.4) is 0 Å². The molecule has 0 aromatic heterocycles. The third-order valence-corrected chi connectivity index (χ3v) is 5.36. The monoisotopic (exact) mass is 476 g/mol. The highest BCUT2D eigenvalue weighted by atomic mass is 35.5. The SMILES string of the molecule is CC(=O)OCC1=C(c2ccccc2)C(=O)N(C(C)(C)C(=O)Nc2cc(Cl)cc(Cl)c2)CO1. The quantitative estimate of drug-likeness (QED) is 0.620. The fourth-order valence-corrected chi connectivity index (χ4v) is 3.67. The van der Waals surface area contributed by atoms with Crippen LogP contribution in [-0.2, 0) is 23.9 Å². The second-order valence-electron chi connectivity index (χ2n) is 7.62. The molecular weight excluding hydrogens is 455 g/mol. The molecule has 32 heavy (non-hydrogen) atoms. The Morgan fingerprint density at radius 2 is 1.75 bits per heavy atom. The molecule has 0 radical (unpaired) electrons. The highest BCUT2D eigenvalue weighted by molar-refractivity contribution is 6.35. The van der Waals surface area contributed by atoms with Crippen LogP contribution in [0.25, 0.3) is 5.57 Å². The van der Waals surface area contributed by atoms with Crippen LogP contribution in [0.5, 0.6) is 0 Å². The zero-order valence-electron chi connectivity index (χ0n) is 17.8. The van der Waals surface area contributed by atoms with Gasteiger partial charge in [0.25, 0.3) is 5.91 Å². The number of rotatable bonds is 6. The number of ether oxygens (including phenoxy) is 2. The number of anilines is 1. The molecule has 2 amide bonds. The Balaban J connectivity index is 1.91. The van der Waals surface area contributed by atoms with Crippen molar-refractivity contribution in [2.75, 3.05) is 18.7 Å². The van der Waals surface area contributed by atoms with Crippen LogP contribution in [0.2, 0.25) is 10.0 Å². The van der Waals surface area contributed by atoms with Crippen LogP contribution < -0.4 is 5.32 Å². The predicted molar refractivity (Wildman–Crippen MR) is 122 cm³/mol. The van der Waals surface area contributed by atoms with Crippen molar-refractivity contribution in [3.8, 4) is 0 Å². The van der Waals surface area contributed by atoms with Gasteiger partial charge in [-0.15, -0.1) is 0 Å². The smallest absolute Gasteiger partial charge is 0.303 e. The van der Waals surface area contributed by atoms with Gasteiger partial charge in [0.05, 0.1) is 5.57 Å². The normalized spacial score (nSPS) is 14.2. The Morgan fingerprint density at radius 1 is 1.12 bits per heavy atom. The first kappa shape index (κ1) is 23.6. The van der Waals surface area contributed by atoms with Gasteiger partial charge in [-0.1, -0.05) is 53.5 Å². The van der Waals surface area contributed by atoms with E-state index in [1.165, 1.54) is 11.8 Å². The average molecular weight is 477 g/mol. The summed E-state index contributed by atoms with van der Waals surface area (Å²) in [7, 11) is 0. The fraction of sp³-hybridized carbons (Fsp3) is 0.261. The Morgan fingerprint density at radius 3 is 2.34 bits per heavy atom. The molecule has 0 bridgehead atoms. The first-order valence-electron chi connectivity index (χ1n) is 9.74. The molecular formula is C23H22Cl2N2O5. The summed E-state index contributed by atoms with van der Waals surface area (Å²) in [5.41, 5.74) is -0.0777. The van der Waals surface area contributed by atoms with E-state index in [0.717, 1.165) is 0 Å². The van der Waals surface area contributed by atoms with E-state index in [4.69, 9.17) is 32.7 Å². The van der Waals surface area contributed by atoms with Gasteiger partial charge in [0.1, 0.15) is 17.9 Å². The zero-order valence-corrected chi connectivity index (χ0v) is 19.3. The minimum atomic E-state index is -1.29. The van der Waals surface area contributed by atoms with Gasteiger partial charge in [-0.25, -0.2) is 0 Å². The Hall–Kier alpha value is -3.03. The molecule has 1 aliphatic heterocycles. The number of benzene rings is 2. The molecule has 9 heteroatoms. The summed E-state index contributed by atoms with van der Waals surface area (Å²) in [6, 6.07) is 13.5. The number of halogens is 2. The molecule has 0 saturated carbocycles. The van der Waals surface area contributed by atoms with E-state index in [-0.39, 0.29) is 24.7 Å². The van der Waals surface area contributed by atoms with Crippen molar-refractivity contribution in [3.63, 3.8) is 0 Å². The first-order chi connectivity index (χ1) is 15.1. The molecule has 0 aliphatic carbocycles. The number of carbonyl (C=O) groups excluding carboxylic acids is 3. The zero-order chi connectivity index (χ0) is 23.5. The van der Waals surface area contributed by atoms with Crippen molar-refractivity contribution in [1.29, 1.82) is 0 Å². The standard InChI is InChI=1S/C23H22Cl2N2O5/c1-14(28)31-12-19-20(15-7-5-4-6-8-15)21(29)27(13-32-19)23(2,3)22(30)26-18-10-16(24)9-17(25)11-18/h4-11H,12-13H2,1-3H3,(H,26,30). The molecule has 7 nitrogen and oxygen atoms in total. The second kappa shape index (κ2) is 9.63. The van der Waals surface area contributed by atoms with E-state index in [1.54, 1.807) is 56.3 Å². The van der Waals surface area contributed by atoms with Gasteiger partial charge in [-0.3, -0.25) is 19.3 Å². The van der Waals surface area contributed by atoms with Crippen molar-refractivity contribution < 1.29 is 23.9 Å². The Labute approximate surface area is 195 Å². The molecule has 1 heterocycles. The Bertz CT molecular complexity index is 1060. The molecule has 0 spiro atoms. The molecule has 1 N–H and O–H groups in total. The summed E-state index contributed by atoms with van der Waals surface area (Å²) in [6.45, 7) is 4.11. The maximum Gasteiger partial charge on any atom is 0.303 e. The number of carbonyl (C=O) groups is 3. The summed E-state index contributed by atoms with van der Waals surface area (Å²) in [6.07, 6.45) is 0. The van der Waals surface area contributed by atoms with Crippen LogP contribution in [0.15, 0.2) is 54.3 Å². The van der Waals surface area contributed by atoms with E-state index in [9.17, 15) is 14.4 Å². The van der Waals surface area contributed by atoms with E-state index < -0.39 is 23.3 Å². The van der Waals surface area contributed by atoms with Gasteiger partial charge in [-0.05, 0) is 37.6 Å². The molecule has 1 aliphatic rings. The van der Waals surface area contributed by atoms with E-state index in [2.05, 4.69) is 5.32 Å². The van der Waals surface area contributed by atoms with Gasteiger partial charge < -0.3 is 14.8 Å². The fourth-order valence-electron chi connectivity index (χ4n) is 3.15. The lowest BCUT2D eigenvalue weighted by molar-refractivity contribution is -0.149. The maximum atomic E-state index is 13.5. The van der Waals surface area contributed by atoms with Gasteiger partial charge in [-0.2, -0.15) is 0 Å². The molecule has 2 aromatic carbocycles. The molecule has 0 saturated heterocycles. The molecule has 2 aromatic rings. The van der Waals surface area contributed by atoms with Crippen molar-refractivity contribution in [1.82, 2.24) is 4.90 Å². The lowest BCUT2D eigenvalue weighted by Crippen LogP contribution is -2.57. The molecule has 3 rings (SSSR count). The summed E-state index contributed by atoms with van der Waals surface area (Å²) >= 11 is 12.0. The second-order valence-corrected chi connectivity index (χ2v) is 8.50. The van der Waals surface area contributed by atoms with Crippen molar-refractivity contribution in [2.45, 2.75) is 26.3 Å². The maximum absolute atomic E-state index is 13.5. The van der Waals surface area contributed by atoms with E-state index >= 15 is 0 Å². The molecule has 168 valence electrons. The van der Waals surface area contributed by atoms with Gasteiger partial charge in [0.15, 0.2) is 6.73 Å². The number of nitrogens with zero attached hydrogens (tertiary/aromatic N) is 1.